The zero-order valence-corrected chi connectivity index (χ0v) is 14.2. The minimum Gasteiger partial charge on any atom is -0.348 e. The van der Waals surface area contributed by atoms with Crippen LogP contribution in [0.4, 0.5) is 0 Å². The molecule has 2 unspecified atom stereocenters. The van der Waals surface area contributed by atoms with Gasteiger partial charge in [-0.2, -0.15) is 0 Å². The van der Waals surface area contributed by atoms with Crippen LogP contribution in [0.3, 0.4) is 0 Å². The van der Waals surface area contributed by atoms with Crippen LogP contribution < -0.4 is 5.32 Å². The maximum absolute atomic E-state index is 12.2. The van der Waals surface area contributed by atoms with Gasteiger partial charge in [-0.15, -0.1) is 0 Å². The van der Waals surface area contributed by atoms with Crippen molar-refractivity contribution in [3.8, 4) is 0 Å². The van der Waals surface area contributed by atoms with Crippen molar-refractivity contribution in [3.05, 3.63) is 35.4 Å². The molecule has 5 nitrogen and oxygen atoms in total. The second-order valence-corrected chi connectivity index (χ2v) is 8.35. The Morgan fingerprint density at radius 1 is 1.41 bits per heavy atom. The average Bonchev–Trinajstić information content (AvgIpc) is 2.79. The summed E-state index contributed by atoms with van der Waals surface area (Å²) in [6.45, 7) is 4.20. The van der Waals surface area contributed by atoms with E-state index < -0.39 is 9.84 Å². The van der Waals surface area contributed by atoms with E-state index in [1.807, 2.05) is 50.1 Å². The molecule has 2 rings (SSSR count). The second kappa shape index (κ2) is 6.79. The molecule has 0 radical (unpaired) electrons. The molecule has 0 aliphatic carbocycles. The van der Waals surface area contributed by atoms with Gasteiger partial charge in [-0.25, -0.2) is 8.42 Å². The van der Waals surface area contributed by atoms with Crippen molar-refractivity contribution in [1.82, 2.24) is 10.2 Å². The molecule has 1 aliphatic heterocycles. The number of carbonyl (C=O) groups excluding carboxylic acids is 1. The summed E-state index contributed by atoms with van der Waals surface area (Å²) in [4.78, 5) is 14.0. The van der Waals surface area contributed by atoms with Gasteiger partial charge in [0.25, 0.3) is 0 Å². The highest BCUT2D eigenvalue weighted by Gasteiger charge is 2.31. The third-order valence-corrected chi connectivity index (χ3v) is 6.01. The Morgan fingerprint density at radius 2 is 2.09 bits per heavy atom. The van der Waals surface area contributed by atoms with E-state index in [9.17, 15) is 13.2 Å². The first kappa shape index (κ1) is 17.0. The second-order valence-electron chi connectivity index (χ2n) is 6.12. The summed E-state index contributed by atoms with van der Waals surface area (Å²) >= 11 is 0. The quantitative estimate of drug-likeness (QED) is 0.886. The highest BCUT2D eigenvalue weighted by Crippen LogP contribution is 2.18. The minimum atomic E-state index is -2.92. The lowest BCUT2D eigenvalue weighted by molar-refractivity contribution is -0.123. The molecular weight excluding hydrogens is 300 g/mol. The van der Waals surface area contributed by atoms with Gasteiger partial charge < -0.3 is 5.32 Å². The van der Waals surface area contributed by atoms with E-state index in [-0.39, 0.29) is 36.0 Å². The zero-order valence-electron chi connectivity index (χ0n) is 13.4. The van der Waals surface area contributed by atoms with Gasteiger partial charge in [-0.1, -0.05) is 24.3 Å². The van der Waals surface area contributed by atoms with Gasteiger partial charge in [0.2, 0.25) is 5.91 Å². The van der Waals surface area contributed by atoms with Crippen molar-refractivity contribution < 1.29 is 13.2 Å². The number of sulfone groups is 1. The third-order valence-electron chi connectivity index (χ3n) is 4.26. The van der Waals surface area contributed by atoms with Crippen LogP contribution in [-0.2, 0) is 14.6 Å². The summed E-state index contributed by atoms with van der Waals surface area (Å²) in [5, 5.41) is 2.98. The monoisotopic (exact) mass is 324 g/mol. The minimum absolute atomic E-state index is 0.0514. The molecule has 1 amide bonds. The average molecular weight is 324 g/mol. The van der Waals surface area contributed by atoms with Crippen LogP contribution >= 0.6 is 0 Å². The van der Waals surface area contributed by atoms with E-state index in [2.05, 4.69) is 5.32 Å². The fourth-order valence-corrected chi connectivity index (χ4v) is 4.72. The van der Waals surface area contributed by atoms with Crippen LogP contribution in [0.5, 0.6) is 0 Å². The summed E-state index contributed by atoms with van der Waals surface area (Å²) in [5.41, 5.74) is 2.24. The Morgan fingerprint density at radius 3 is 2.68 bits per heavy atom. The van der Waals surface area contributed by atoms with E-state index in [4.69, 9.17) is 0 Å². The molecule has 1 heterocycles. The van der Waals surface area contributed by atoms with Crippen molar-refractivity contribution in [2.75, 3.05) is 25.1 Å². The van der Waals surface area contributed by atoms with Gasteiger partial charge in [-0.3, -0.25) is 9.69 Å². The number of nitrogens with one attached hydrogen (secondary N) is 1. The summed E-state index contributed by atoms with van der Waals surface area (Å²) in [5.74, 6) is 0.301. The molecule has 1 aliphatic rings. The number of likely N-dealkylation sites (N-methyl/N-ethyl adjacent to an activating group) is 1. The molecule has 0 saturated carbocycles. The largest absolute Gasteiger partial charge is 0.348 e. The van der Waals surface area contributed by atoms with Crippen LogP contribution in [0, 0.1) is 6.92 Å². The maximum Gasteiger partial charge on any atom is 0.234 e. The summed E-state index contributed by atoms with van der Waals surface area (Å²) < 4.78 is 23.0. The molecule has 0 spiro atoms. The van der Waals surface area contributed by atoms with E-state index in [0.717, 1.165) is 11.1 Å². The summed E-state index contributed by atoms with van der Waals surface area (Å²) in [6.07, 6.45) is 0.611. The number of nitrogens with zero attached hydrogens (tertiary/aromatic N) is 1. The van der Waals surface area contributed by atoms with Gasteiger partial charge >= 0.3 is 0 Å². The summed E-state index contributed by atoms with van der Waals surface area (Å²) in [6, 6.07) is 7.85. The van der Waals surface area contributed by atoms with Gasteiger partial charge in [0.05, 0.1) is 24.1 Å². The molecule has 22 heavy (non-hydrogen) atoms. The van der Waals surface area contributed by atoms with Crippen molar-refractivity contribution in [2.45, 2.75) is 32.4 Å². The van der Waals surface area contributed by atoms with Gasteiger partial charge in [0.15, 0.2) is 9.84 Å². The number of amides is 1. The van der Waals surface area contributed by atoms with E-state index in [0.29, 0.717) is 6.42 Å². The highest BCUT2D eigenvalue weighted by molar-refractivity contribution is 7.91. The van der Waals surface area contributed by atoms with Crippen molar-refractivity contribution in [3.63, 3.8) is 0 Å². The van der Waals surface area contributed by atoms with Gasteiger partial charge in [0, 0.05) is 6.04 Å². The molecule has 0 aromatic heterocycles. The van der Waals surface area contributed by atoms with Crippen LogP contribution in [0.15, 0.2) is 24.3 Å². The first-order valence-corrected chi connectivity index (χ1v) is 9.36. The lowest BCUT2D eigenvalue weighted by Gasteiger charge is -2.24. The van der Waals surface area contributed by atoms with E-state index >= 15 is 0 Å². The molecular formula is C16H24N2O3S. The van der Waals surface area contributed by atoms with Crippen molar-refractivity contribution >= 4 is 15.7 Å². The standard InChI is InChI=1S/C16H24N2O3S/c1-12-6-4-5-7-15(12)13(2)17-16(19)10-18(3)14-8-9-22(20,21)11-14/h4-7,13-14H,8-11H2,1-3H3,(H,17,19). The molecule has 6 heteroatoms. The van der Waals surface area contributed by atoms with Crippen LogP contribution in [0.1, 0.15) is 30.5 Å². The Bertz CT molecular complexity index is 643. The lowest BCUT2D eigenvalue weighted by Crippen LogP contribution is -2.41. The number of hydrogen-bond donors (Lipinski definition) is 1. The first-order chi connectivity index (χ1) is 10.3. The predicted molar refractivity (Wildman–Crippen MR) is 87.4 cm³/mol. The Kier molecular flexibility index (Phi) is 5.24. The maximum atomic E-state index is 12.2. The fourth-order valence-electron chi connectivity index (χ4n) is 2.92. The molecule has 2 atom stereocenters. The smallest absolute Gasteiger partial charge is 0.234 e. The molecule has 122 valence electrons. The SMILES string of the molecule is Cc1ccccc1C(C)NC(=O)CN(C)C1CCS(=O)(=O)C1. The number of hydrogen-bond acceptors (Lipinski definition) is 4. The molecule has 1 fully saturated rings. The van der Waals surface area contributed by atoms with Crippen molar-refractivity contribution in [1.29, 1.82) is 0 Å². The number of benzene rings is 1. The predicted octanol–water partition coefficient (Wildman–Crippen LogP) is 1.29. The molecule has 1 aromatic carbocycles. The van der Waals surface area contributed by atoms with Crippen molar-refractivity contribution in [2.24, 2.45) is 0 Å². The highest BCUT2D eigenvalue weighted by atomic mass is 32.2. The summed E-state index contributed by atoms with van der Waals surface area (Å²) in [7, 11) is -1.11. The van der Waals surface area contributed by atoms with Gasteiger partial charge in [-0.05, 0) is 38.4 Å². The molecule has 1 N–H and O–H groups in total. The van der Waals surface area contributed by atoms with Crippen LogP contribution in [0.25, 0.3) is 0 Å². The normalized spacial score (nSPS) is 21.7. The Balaban J connectivity index is 1.89. The number of rotatable bonds is 5. The Labute approximate surface area is 132 Å². The third kappa shape index (κ3) is 4.30. The molecule has 1 saturated heterocycles. The number of aryl methyl sites for hydroxylation is 1. The number of carbonyl (C=O) groups is 1. The molecule has 1 aromatic rings. The van der Waals surface area contributed by atoms with E-state index in [1.165, 1.54) is 0 Å². The van der Waals surface area contributed by atoms with E-state index in [1.54, 1.807) is 0 Å². The van der Waals surface area contributed by atoms with Gasteiger partial charge in [0.1, 0.15) is 0 Å². The zero-order chi connectivity index (χ0) is 16.3. The van der Waals surface area contributed by atoms with Crippen LogP contribution in [0.2, 0.25) is 0 Å². The Hall–Kier alpha value is -1.40. The molecule has 0 bridgehead atoms. The van der Waals surface area contributed by atoms with Crippen LogP contribution in [-0.4, -0.2) is 50.4 Å². The lowest BCUT2D eigenvalue weighted by atomic mass is 10.0. The topological polar surface area (TPSA) is 66.5 Å². The first-order valence-electron chi connectivity index (χ1n) is 7.54. The fraction of sp³-hybridized carbons (Fsp3) is 0.562.